The second kappa shape index (κ2) is 4.78. The Bertz CT molecular complexity index is 600. The van der Waals surface area contributed by atoms with Gasteiger partial charge in [0.15, 0.2) is 0 Å². The fourth-order valence-corrected chi connectivity index (χ4v) is 2.55. The van der Waals surface area contributed by atoms with Crippen molar-refractivity contribution in [3.63, 3.8) is 0 Å². The lowest BCUT2D eigenvalue weighted by atomic mass is 10.3. The van der Waals surface area contributed by atoms with Crippen molar-refractivity contribution in [2.45, 2.75) is 17.0 Å². The van der Waals surface area contributed by atoms with Gasteiger partial charge in [-0.15, -0.1) is 0 Å². The molecule has 0 bridgehead atoms. The summed E-state index contributed by atoms with van der Waals surface area (Å²) in [5, 5.41) is 15.1. The lowest BCUT2D eigenvalue weighted by molar-refractivity contribution is 0.692. The SMILES string of the molecule is Cc1cc(Sc2nccc(C#N)c2Cl)n(C)n1. The molecule has 0 amide bonds. The molecule has 0 aliphatic carbocycles. The number of halogens is 1. The van der Waals surface area contributed by atoms with Gasteiger partial charge in [-0.1, -0.05) is 11.6 Å². The van der Waals surface area contributed by atoms with Gasteiger partial charge in [0.2, 0.25) is 0 Å². The molecule has 0 N–H and O–H groups in total. The summed E-state index contributed by atoms with van der Waals surface area (Å²) in [6.07, 6.45) is 1.58. The van der Waals surface area contributed by atoms with E-state index in [9.17, 15) is 0 Å². The zero-order valence-electron chi connectivity index (χ0n) is 9.31. The van der Waals surface area contributed by atoms with E-state index in [2.05, 4.69) is 10.1 Å². The van der Waals surface area contributed by atoms with Gasteiger partial charge in [0.25, 0.3) is 0 Å². The first-order chi connectivity index (χ1) is 8.11. The van der Waals surface area contributed by atoms with E-state index in [-0.39, 0.29) is 0 Å². The molecule has 0 radical (unpaired) electrons. The van der Waals surface area contributed by atoms with Gasteiger partial charge in [0.1, 0.15) is 16.1 Å². The molecule has 0 aliphatic rings. The van der Waals surface area contributed by atoms with E-state index in [4.69, 9.17) is 16.9 Å². The van der Waals surface area contributed by atoms with E-state index in [0.717, 1.165) is 10.7 Å². The number of aryl methyl sites for hydroxylation is 2. The summed E-state index contributed by atoms with van der Waals surface area (Å²) >= 11 is 7.48. The largest absolute Gasteiger partial charge is 0.261 e. The molecule has 2 heterocycles. The third-order valence-corrected chi connectivity index (χ3v) is 3.73. The van der Waals surface area contributed by atoms with Crippen LogP contribution in [0.2, 0.25) is 5.02 Å². The van der Waals surface area contributed by atoms with Crippen molar-refractivity contribution in [3.05, 3.63) is 34.6 Å². The normalized spacial score (nSPS) is 10.2. The minimum atomic E-state index is 0.388. The molecule has 0 fully saturated rings. The highest BCUT2D eigenvalue weighted by Gasteiger charge is 2.11. The topological polar surface area (TPSA) is 54.5 Å². The van der Waals surface area contributed by atoms with Crippen molar-refractivity contribution in [2.24, 2.45) is 7.05 Å². The fraction of sp³-hybridized carbons (Fsp3) is 0.182. The Hall–Kier alpha value is -1.51. The smallest absolute Gasteiger partial charge is 0.122 e. The molecule has 0 spiro atoms. The monoisotopic (exact) mass is 264 g/mol. The maximum absolute atomic E-state index is 8.88. The minimum Gasteiger partial charge on any atom is -0.261 e. The van der Waals surface area contributed by atoms with Gasteiger partial charge in [-0.05, 0) is 30.8 Å². The van der Waals surface area contributed by atoms with Gasteiger partial charge < -0.3 is 0 Å². The van der Waals surface area contributed by atoms with Crippen LogP contribution in [0.15, 0.2) is 28.4 Å². The third-order valence-electron chi connectivity index (χ3n) is 2.14. The second-order valence-corrected chi connectivity index (χ2v) is 4.83. The van der Waals surface area contributed by atoms with E-state index in [1.807, 2.05) is 26.1 Å². The number of rotatable bonds is 2. The average molecular weight is 265 g/mol. The van der Waals surface area contributed by atoms with Crippen LogP contribution in [0.5, 0.6) is 0 Å². The summed E-state index contributed by atoms with van der Waals surface area (Å²) in [6, 6.07) is 5.58. The van der Waals surface area contributed by atoms with Gasteiger partial charge in [-0.25, -0.2) is 4.98 Å². The molecule has 2 rings (SSSR count). The second-order valence-electron chi connectivity index (χ2n) is 3.44. The van der Waals surface area contributed by atoms with E-state index in [1.54, 1.807) is 16.9 Å². The summed E-state index contributed by atoms with van der Waals surface area (Å²) in [4.78, 5) is 4.17. The molecule has 86 valence electrons. The summed E-state index contributed by atoms with van der Waals surface area (Å²) in [5.74, 6) is 0. The zero-order valence-corrected chi connectivity index (χ0v) is 10.9. The number of nitriles is 1. The highest BCUT2D eigenvalue weighted by molar-refractivity contribution is 7.99. The summed E-state index contributed by atoms with van der Waals surface area (Å²) in [7, 11) is 1.86. The van der Waals surface area contributed by atoms with Crippen LogP contribution < -0.4 is 0 Å². The van der Waals surface area contributed by atoms with Gasteiger partial charge >= 0.3 is 0 Å². The highest BCUT2D eigenvalue weighted by Crippen LogP contribution is 2.33. The number of hydrogen-bond acceptors (Lipinski definition) is 4. The lowest BCUT2D eigenvalue weighted by Crippen LogP contribution is -1.93. The molecule has 0 aliphatic heterocycles. The molecule has 0 atom stereocenters. The van der Waals surface area contributed by atoms with Gasteiger partial charge in [0, 0.05) is 13.2 Å². The summed E-state index contributed by atoms with van der Waals surface area (Å²) in [5.41, 5.74) is 1.37. The Balaban J connectivity index is 2.37. The van der Waals surface area contributed by atoms with Crippen LogP contribution in [0.4, 0.5) is 0 Å². The van der Waals surface area contributed by atoms with Gasteiger partial charge in [-0.3, -0.25) is 4.68 Å². The van der Waals surface area contributed by atoms with Crippen molar-refractivity contribution in [1.29, 1.82) is 5.26 Å². The molecule has 0 saturated heterocycles. The maximum atomic E-state index is 8.88. The van der Waals surface area contributed by atoms with Crippen molar-refractivity contribution in [1.82, 2.24) is 14.8 Å². The average Bonchev–Trinajstić information content (AvgIpc) is 2.60. The fourth-order valence-electron chi connectivity index (χ4n) is 1.36. The third kappa shape index (κ3) is 2.43. The molecule has 6 heteroatoms. The van der Waals surface area contributed by atoms with Crippen LogP contribution in [-0.4, -0.2) is 14.8 Å². The Kier molecular flexibility index (Phi) is 3.36. The van der Waals surface area contributed by atoms with Crippen LogP contribution in [-0.2, 0) is 7.05 Å². The van der Waals surface area contributed by atoms with Crippen LogP contribution in [0.1, 0.15) is 11.3 Å². The Morgan fingerprint density at radius 2 is 2.29 bits per heavy atom. The summed E-state index contributed by atoms with van der Waals surface area (Å²) in [6.45, 7) is 1.92. The number of nitrogens with zero attached hydrogens (tertiary/aromatic N) is 4. The molecule has 4 nitrogen and oxygen atoms in total. The maximum Gasteiger partial charge on any atom is 0.122 e. The van der Waals surface area contributed by atoms with Crippen LogP contribution in [0.3, 0.4) is 0 Å². The number of hydrogen-bond donors (Lipinski definition) is 0. The van der Waals surface area contributed by atoms with Crippen LogP contribution in [0, 0.1) is 18.3 Å². The number of aromatic nitrogens is 3. The van der Waals surface area contributed by atoms with Crippen molar-refractivity contribution < 1.29 is 0 Å². The first kappa shape index (κ1) is 12.0. The van der Waals surface area contributed by atoms with E-state index >= 15 is 0 Å². The van der Waals surface area contributed by atoms with E-state index < -0.39 is 0 Å². The molecular formula is C11H9ClN4S. The number of pyridine rings is 1. The Morgan fingerprint density at radius 1 is 1.53 bits per heavy atom. The standard InChI is InChI=1S/C11H9ClN4S/c1-7-5-9(16(2)15-7)17-11-10(12)8(6-13)3-4-14-11/h3-5H,1-2H3. The Morgan fingerprint density at radius 3 is 2.88 bits per heavy atom. The lowest BCUT2D eigenvalue weighted by Gasteiger charge is -2.03. The summed E-state index contributed by atoms with van der Waals surface area (Å²) < 4.78 is 1.76. The molecule has 2 aromatic heterocycles. The quantitative estimate of drug-likeness (QED) is 0.837. The van der Waals surface area contributed by atoms with Gasteiger partial charge in [-0.2, -0.15) is 10.4 Å². The predicted molar refractivity (Wildman–Crippen MR) is 66.0 cm³/mol. The van der Waals surface area contributed by atoms with Crippen molar-refractivity contribution in [3.8, 4) is 6.07 Å². The van der Waals surface area contributed by atoms with Gasteiger partial charge in [0.05, 0.1) is 16.3 Å². The van der Waals surface area contributed by atoms with Crippen LogP contribution in [0.25, 0.3) is 0 Å². The van der Waals surface area contributed by atoms with Crippen molar-refractivity contribution >= 4 is 23.4 Å². The molecule has 0 unspecified atom stereocenters. The molecule has 0 aromatic carbocycles. The zero-order chi connectivity index (χ0) is 12.4. The van der Waals surface area contributed by atoms with E-state index in [1.165, 1.54) is 11.8 Å². The first-order valence-corrected chi connectivity index (χ1v) is 6.04. The first-order valence-electron chi connectivity index (χ1n) is 4.85. The van der Waals surface area contributed by atoms with Crippen LogP contribution >= 0.6 is 23.4 Å². The van der Waals surface area contributed by atoms with Crippen molar-refractivity contribution in [2.75, 3.05) is 0 Å². The highest BCUT2D eigenvalue weighted by atomic mass is 35.5. The molecule has 17 heavy (non-hydrogen) atoms. The Labute approximate surface area is 108 Å². The predicted octanol–water partition coefficient (Wildman–Crippen LogP) is 2.80. The molecule has 2 aromatic rings. The van der Waals surface area contributed by atoms with E-state index in [0.29, 0.717) is 15.6 Å². The molecular weight excluding hydrogens is 256 g/mol. The minimum absolute atomic E-state index is 0.388. The molecule has 0 saturated carbocycles.